The minimum Gasteiger partial charge on any atom is -0.329 e. The second kappa shape index (κ2) is 6.12. The Bertz CT molecular complexity index is 691. The molecule has 1 heterocycles. The van der Waals surface area contributed by atoms with Crippen LogP contribution < -0.4 is 5.73 Å². The van der Waals surface area contributed by atoms with Crippen LogP contribution in [0.4, 0.5) is 0 Å². The maximum absolute atomic E-state index is 6.16. The number of aromatic nitrogens is 2. The maximum atomic E-state index is 6.16. The van der Waals surface area contributed by atoms with Gasteiger partial charge < -0.3 is 5.73 Å². The maximum Gasteiger partial charge on any atom is 0.0681 e. The molecule has 3 rings (SSSR count). The number of fused-ring (bicyclic) bond motifs is 1. The number of nitrogens with two attached hydrogens (primary N) is 1. The minimum atomic E-state index is 0.0605. The smallest absolute Gasteiger partial charge is 0.0681 e. The quantitative estimate of drug-likeness (QED) is 0.939. The molecule has 3 heteroatoms. The molecule has 0 saturated carbocycles. The third kappa shape index (κ3) is 3.20. The first-order valence-corrected chi connectivity index (χ1v) is 8.76. The molecule has 2 N–H and O–H groups in total. The summed E-state index contributed by atoms with van der Waals surface area (Å²) in [5.74, 6) is 0.218. The molecule has 124 valence electrons. The van der Waals surface area contributed by atoms with Crippen molar-refractivity contribution in [2.24, 2.45) is 12.8 Å². The molecule has 0 amide bonds. The van der Waals surface area contributed by atoms with Gasteiger partial charge in [-0.05, 0) is 48.4 Å². The number of nitrogens with zero attached hydrogens (tertiary/aromatic N) is 2. The lowest BCUT2D eigenvalue weighted by Crippen LogP contribution is -2.17. The third-order valence-corrected chi connectivity index (χ3v) is 5.05. The Morgan fingerprint density at radius 3 is 2.43 bits per heavy atom. The molecule has 1 aliphatic carbocycles. The SMILES string of the molecule is Cn1nc(C(C)(C)C)cc1C(CN)c1ccc2c(c1)CCCC2. The first-order chi connectivity index (χ1) is 10.9. The van der Waals surface area contributed by atoms with Crippen LogP contribution in [0, 0.1) is 0 Å². The predicted molar refractivity (Wildman–Crippen MR) is 95.9 cm³/mol. The first-order valence-electron chi connectivity index (χ1n) is 8.76. The van der Waals surface area contributed by atoms with Crippen LogP contribution in [0.1, 0.15) is 67.6 Å². The average molecular weight is 311 g/mol. The summed E-state index contributed by atoms with van der Waals surface area (Å²) in [5, 5.41) is 4.72. The molecule has 0 aliphatic heterocycles. The Hall–Kier alpha value is -1.61. The summed E-state index contributed by atoms with van der Waals surface area (Å²) in [6, 6.07) is 9.20. The van der Waals surface area contributed by atoms with Gasteiger partial charge in [0.25, 0.3) is 0 Å². The summed E-state index contributed by atoms with van der Waals surface area (Å²) in [5.41, 5.74) is 12.9. The zero-order chi connectivity index (χ0) is 16.6. The fraction of sp³-hybridized carbons (Fsp3) is 0.550. The van der Waals surface area contributed by atoms with Gasteiger partial charge in [0.05, 0.1) is 5.69 Å². The van der Waals surface area contributed by atoms with E-state index >= 15 is 0 Å². The van der Waals surface area contributed by atoms with Crippen molar-refractivity contribution in [1.29, 1.82) is 0 Å². The highest BCUT2D eigenvalue weighted by atomic mass is 15.3. The molecule has 0 fully saturated rings. The summed E-state index contributed by atoms with van der Waals surface area (Å²) in [7, 11) is 2.03. The van der Waals surface area contributed by atoms with Crippen LogP contribution in [-0.4, -0.2) is 16.3 Å². The first kappa shape index (κ1) is 16.3. The summed E-state index contributed by atoms with van der Waals surface area (Å²) >= 11 is 0. The minimum absolute atomic E-state index is 0.0605. The topological polar surface area (TPSA) is 43.8 Å². The van der Waals surface area contributed by atoms with Gasteiger partial charge in [-0.3, -0.25) is 4.68 Å². The average Bonchev–Trinajstić information content (AvgIpc) is 2.90. The second-order valence-corrected chi connectivity index (χ2v) is 7.85. The fourth-order valence-electron chi connectivity index (χ4n) is 3.57. The largest absolute Gasteiger partial charge is 0.329 e. The molecule has 1 aromatic heterocycles. The molecule has 0 saturated heterocycles. The Morgan fingerprint density at radius 1 is 1.13 bits per heavy atom. The summed E-state index contributed by atoms with van der Waals surface area (Å²) in [6.45, 7) is 7.22. The van der Waals surface area contributed by atoms with E-state index in [-0.39, 0.29) is 11.3 Å². The highest BCUT2D eigenvalue weighted by molar-refractivity contribution is 5.39. The molecule has 0 bridgehead atoms. The van der Waals surface area contributed by atoms with Crippen molar-refractivity contribution in [3.8, 4) is 0 Å². The van der Waals surface area contributed by atoms with Crippen molar-refractivity contribution in [2.45, 2.75) is 57.8 Å². The Morgan fingerprint density at radius 2 is 1.83 bits per heavy atom. The highest BCUT2D eigenvalue weighted by Gasteiger charge is 2.24. The van der Waals surface area contributed by atoms with Gasteiger partial charge in [0, 0.05) is 30.6 Å². The molecule has 1 aliphatic rings. The van der Waals surface area contributed by atoms with Crippen LogP contribution in [0.3, 0.4) is 0 Å². The van der Waals surface area contributed by atoms with Gasteiger partial charge in [-0.2, -0.15) is 5.10 Å². The van der Waals surface area contributed by atoms with Gasteiger partial charge >= 0.3 is 0 Å². The molecule has 3 nitrogen and oxygen atoms in total. The van der Waals surface area contributed by atoms with Crippen molar-refractivity contribution in [2.75, 3.05) is 6.54 Å². The van der Waals surface area contributed by atoms with Crippen molar-refractivity contribution >= 4 is 0 Å². The monoisotopic (exact) mass is 311 g/mol. The van der Waals surface area contributed by atoms with Crippen LogP contribution in [-0.2, 0) is 25.3 Å². The van der Waals surface area contributed by atoms with E-state index in [1.807, 2.05) is 11.7 Å². The van der Waals surface area contributed by atoms with Gasteiger partial charge in [0.1, 0.15) is 0 Å². The van der Waals surface area contributed by atoms with Gasteiger partial charge in [-0.25, -0.2) is 0 Å². The number of aryl methyl sites for hydroxylation is 3. The standard InChI is InChI=1S/C20H29N3/c1-20(2,3)19-12-18(23(4)22-19)17(13-21)16-10-9-14-7-5-6-8-15(14)11-16/h9-12,17H,5-8,13,21H2,1-4H3. The Labute approximate surface area is 139 Å². The van der Waals surface area contributed by atoms with Crippen LogP contribution in [0.25, 0.3) is 0 Å². The van der Waals surface area contributed by atoms with E-state index in [4.69, 9.17) is 10.8 Å². The van der Waals surface area contributed by atoms with Crippen LogP contribution >= 0.6 is 0 Å². The van der Waals surface area contributed by atoms with Crippen molar-refractivity contribution < 1.29 is 0 Å². The van der Waals surface area contributed by atoms with Crippen molar-refractivity contribution in [3.63, 3.8) is 0 Å². The fourth-order valence-corrected chi connectivity index (χ4v) is 3.57. The van der Waals surface area contributed by atoms with E-state index in [0.717, 1.165) is 5.69 Å². The predicted octanol–water partition coefficient (Wildman–Crippen LogP) is 3.69. The summed E-state index contributed by atoms with van der Waals surface area (Å²) in [6.07, 6.45) is 5.06. The van der Waals surface area contributed by atoms with Crippen LogP contribution in [0.2, 0.25) is 0 Å². The molecule has 2 aromatic rings. The van der Waals surface area contributed by atoms with Gasteiger partial charge in [-0.1, -0.05) is 39.0 Å². The van der Waals surface area contributed by atoms with E-state index in [1.165, 1.54) is 48.1 Å². The van der Waals surface area contributed by atoms with Gasteiger partial charge in [0.2, 0.25) is 0 Å². The second-order valence-electron chi connectivity index (χ2n) is 7.85. The molecule has 0 radical (unpaired) electrons. The van der Waals surface area contributed by atoms with Gasteiger partial charge in [-0.15, -0.1) is 0 Å². The lowest BCUT2D eigenvalue weighted by Gasteiger charge is -2.21. The van der Waals surface area contributed by atoms with Crippen molar-refractivity contribution in [3.05, 3.63) is 52.3 Å². The molecular weight excluding hydrogens is 282 g/mol. The molecule has 1 aromatic carbocycles. The van der Waals surface area contributed by atoms with E-state index < -0.39 is 0 Å². The number of rotatable bonds is 3. The lowest BCUT2D eigenvalue weighted by atomic mass is 9.86. The molecule has 1 unspecified atom stereocenters. The zero-order valence-corrected chi connectivity index (χ0v) is 14.9. The van der Waals surface area contributed by atoms with Crippen molar-refractivity contribution in [1.82, 2.24) is 9.78 Å². The van der Waals surface area contributed by atoms with Crippen LogP contribution in [0.5, 0.6) is 0 Å². The van der Waals surface area contributed by atoms with Crippen LogP contribution in [0.15, 0.2) is 24.3 Å². The number of hydrogen-bond acceptors (Lipinski definition) is 2. The number of hydrogen-bond donors (Lipinski definition) is 1. The van der Waals surface area contributed by atoms with E-state index in [1.54, 1.807) is 0 Å². The molecular formula is C20H29N3. The number of benzene rings is 1. The lowest BCUT2D eigenvalue weighted by molar-refractivity contribution is 0.550. The Balaban J connectivity index is 1.98. The molecule has 23 heavy (non-hydrogen) atoms. The highest BCUT2D eigenvalue weighted by Crippen LogP contribution is 2.31. The molecule has 0 spiro atoms. The van der Waals surface area contributed by atoms with E-state index in [0.29, 0.717) is 6.54 Å². The summed E-state index contributed by atoms with van der Waals surface area (Å²) < 4.78 is 2.01. The molecule has 1 atom stereocenters. The normalized spacial score (nSPS) is 16.2. The summed E-state index contributed by atoms with van der Waals surface area (Å²) in [4.78, 5) is 0. The van der Waals surface area contributed by atoms with E-state index in [9.17, 15) is 0 Å². The van der Waals surface area contributed by atoms with E-state index in [2.05, 4.69) is 45.0 Å². The Kier molecular flexibility index (Phi) is 4.33. The third-order valence-electron chi connectivity index (χ3n) is 5.05. The zero-order valence-electron chi connectivity index (χ0n) is 14.9. The van der Waals surface area contributed by atoms with Gasteiger partial charge in [0.15, 0.2) is 0 Å².